The molecule has 0 saturated carbocycles. The third kappa shape index (κ3) is 4.15. The lowest BCUT2D eigenvalue weighted by molar-refractivity contribution is -0.155. The monoisotopic (exact) mass is 276 g/mol. The quantitative estimate of drug-likeness (QED) is 0.694. The molecule has 1 aromatic carbocycles. The van der Waals surface area contributed by atoms with Crippen LogP contribution in [0.2, 0.25) is 0 Å². The Morgan fingerprint density at radius 3 is 2.40 bits per heavy atom. The van der Waals surface area contributed by atoms with Crippen LogP contribution < -0.4 is 0 Å². The van der Waals surface area contributed by atoms with Gasteiger partial charge in [-0.15, -0.1) is 0 Å². The van der Waals surface area contributed by atoms with Crippen molar-refractivity contribution in [1.29, 1.82) is 0 Å². The summed E-state index contributed by atoms with van der Waals surface area (Å²) >= 11 is 0. The van der Waals surface area contributed by atoms with Crippen LogP contribution in [0.1, 0.15) is 37.4 Å². The third-order valence-electron chi connectivity index (χ3n) is 2.80. The Hall–Kier alpha value is -1.72. The van der Waals surface area contributed by atoms with Gasteiger partial charge in [0.05, 0.1) is 0 Å². The lowest BCUT2D eigenvalue weighted by Crippen LogP contribution is -2.09. The Balaban J connectivity index is 1.94. The van der Waals surface area contributed by atoms with Crippen LogP contribution in [0.15, 0.2) is 34.9 Å². The van der Waals surface area contributed by atoms with Crippen molar-refractivity contribution in [1.82, 2.24) is 10.1 Å². The molecule has 0 aliphatic carbocycles. The second-order valence-corrected chi connectivity index (χ2v) is 4.28. The van der Waals surface area contributed by atoms with E-state index in [1.165, 1.54) is 5.56 Å². The number of nitrogens with zero attached hydrogens (tertiary/aromatic N) is 2. The van der Waals surface area contributed by atoms with Crippen LogP contribution in [0.3, 0.4) is 0 Å². The molecular weight excluding hydrogens is 256 g/mol. The minimum atomic E-state index is -0.567. The maximum absolute atomic E-state index is 5.43. The maximum Gasteiger partial charge on any atom is 0.283 e. The molecule has 2 rings (SSSR count). The molecular formula is C15H20N2O3. The van der Waals surface area contributed by atoms with E-state index in [9.17, 15) is 0 Å². The van der Waals surface area contributed by atoms with Gasteiger partial charge in [-0.05, 0) is 25.8 Å². The summed E-state index contributed by atoms with van der Waals surface area (Å²) in [5, 5.41) is 3.97. The molecule has 20 heavy (non-hydrogen) atoms. The molecule has 0 fully saturated rings. The number of benzene rings is 1. The SMILES string of the molecule is CCOC(OCC)c1nc(CCc2ccccc2)no1. The molecule has 1 heterocycles. The average Bonchev–Trinajstić information content (AvgIpc) is 2.95. The second kappa shape index (κ2) is 7.77. The van der Waals surface area contributed by atoms with Crippen LogP contribution in [0.25, 0.3) is 0 Å². The van der Waals surface area contributed by atoms with Crippen LogP contribution in [0, 0.1) is 0 Å². The number of ether oxygens (including phenoxy) is 2. The summed E-state index contributed by atoms with van der Waals surface area (Å²) in [4.78, 5) is 4.34. The standard InChI is InChI=1S/C15H20N2O3/c1-3-18-15(19-4-2)14-16-13(17-20-14)11-10-12-8-6-5-7-9-12/h5-9,15H,3-4,10-11H2,1-2H3. The van der Waals surface area contributed by atoms with Crippen molar-refractivity contribution in [2.75, 3.05) is 13.2 Å². The zero-order chi connectivity index (χ0) is 14.2. The fourth-order valence-electron chi connectivity index (χ4n) is 1.86. The van der Waals surface area contributed by atoms with Crippen molar-refractivity contribution in [2.45, 2.75) is 33.0 Å². The van der Waals surface area contributed by atoms with Crippen molar-refractivity contribution >= 4 is 0 Å². The summed E-state index contributed by atoms with van der Waals surface area (Å²) in [5.74, 6) is 1.06. The summed E-state index contributed by atoms with van der Waals surface area (Å²) in [6.45, 7) is 4.87. The van der Waals surface area contributed by atoms with E-state index in [1.54, 1.807) is 0 Å². The first-order valence-corrected chi connectivity index (χ1v) is 6.93. The summed E-state index contributed by atoms with van der Waals surface area (Å²) in [7, 11) is 0. The summed E-state index contributed by atoms with van der Waals surface area (Å²) in [6.07, 6.45) is 1.05. The first-order valence-electron chi connectivity index (χ1n) is 6.93. The third-order valence-corrected chi connectivity index (χ3v) is 2.80. The van der Waals surface area contributed by atoms with Gasteiger partial charge >= 0.3 is 0 Å². The van der Waals surface area contributed by atoms with Gasteiger partial charge in [0, 0.05) is 19.6 Å². The van der Waals surface area contributed by atoms with Gasteiger partial charge in [0.1, 0.15) is 0 Å². The van der Waals surface area contributed by atoms with E-state index in [4.69, 9.17) is 14.0 Å². The molecule has 0 aliphatic rings. The normalized spacial score (nSPS) is 11.2. The molecule has 0 radical (unpaired) electrons. The second-order valence-electron chi connectivity index (χ2n) is 4.28. The molecule has 0 saturated heterocycles. The fourth-order valence-corrected chi connectivity index (χ4v) is 1.86. The van der Waals surface area contributed by atoms with Crippen LogP contribution in [-0.2, 0) is 22.3 Å². The molecule has 0 N–H and O–H groups in total. The highest BCUT2D eigenvalue weighted by Gasteiger charge is 2.19. The molecule has 0 atom stereocenters. The lowest BCUT2D eigenvalue weighted by Gasteiger charge is -2.11. The Morgan fingerprint density at radius 1 is 1.05 bits per heavy atom. The van der Waals surface area contributed by atoms with Gasteiger partial charge in [0.15, 0.2) is 5.82 Å². The minimum absolute atomic E-state index is 0.386. The molecule has 0 bridgehead atoms. The van der Waals surface area contributed by atoms with E-state index in [-0.39, 0.29) is 0 Å². The Labute approximate surface area is 118 Å². The predicted octanol–water partition coefficient (Wildman–Crippen LogP) is 2.93. The van der Waals surface area contributed by atoms with E-state index in [0.29, 0.717) is 24.9 Å². The van der Waals surface area contributed by atoms with Crippen LogP contribution >= 0.6 is 0 Å². The van der Waals surface area contributed by atoms with Crippen LogP contribution in [0.5, 0.6) is 0 Å². The fraction of sp³-hybridized carbons (Fsp3) is 0.467. The van der Waals surface area contributed by atoms with Gasteiger partial charge in [0.2, 0.25) is 6.29 Å². The lowest BCUT2D eigenvalue weighted by atomic mass is 10.1. The summed E-state index contributed by atoms with van der Waals surface area (Å²) in [6, 6.07) is 10.2. The Kier molecular flexibility index (Phi) is 5.70. The van der Waals surface area contributed by atoms with Gasteiger partial charge in [0.25, 0.3) is 5.89 Å². The van der Waals surface area contributed by atoms with Crippen molar-refractivity contribution < 1.29 is 14.0 Å². The van der Waals surface area contributed by atoms with Crippen molar-refractivity contribution in [2.24, 2.45) is 0 Å². The minimum Gasteiger partial charge on any atom is -0.345 e. The maximum atomic E-state index is 5.43. The van der Waals surface area contributed by atoms with Crippen LogP contribution in [-0.4, -0.2) is 23.4 Å². The highest BCUT2D eigenvalue weighted by atomic mass is 16.7. The number of hydrogen-bond donors (Lipinski definition) is 0. The van der Waals surface area contributed by atoms with Gasteiger partial charge in [-0.1, -0.05) is 35.5 Å². The molecule has 0 spiro atoms. The largest absolute Gasteiger partial charge is 0.345 e. The Morgan fingerprint density at radius 2 is 1.75 bits per heavy atom. The first kappa shape index (κ1) is 14.7. The van der Waals surface area contributed by atoms with Gasteiger partial charge in [-0.25, -0.2) is 0 Å². The number of aryl methyl sites for hydroxylation is 2. The Bertz CT molecular complexity index is 493. The molecule has 108 valence electrons. The molecule has 0 aliphatic heterocycles. The van der Waals surface area contributed by atoms with E-state index in [0.717, 1.165) is 12.8 Å². The zero-order valence-electron chi connectivity index (χ0n) is 11.9. The molecule has 2 aromatic rings. The smallest absolute Gasteiger partial charge is 0.283 e. The van der Waals surface area contributed by atoms with Gasteiger partial charge in [-0.2, -0.15) is 4.98 Å². The van der Waals surface area contributed by atoms with E-state index >= 15 is 0 Å². The molecule has 0 amide bonds. The predicted molar refractivity (Wildman–Crippen MR) is 74.1 cm³/mol. The number of rotatable bonds is 8. The van der Waals surface area contributed by atoms with Crippen molar-refractivity contribution in [3.05, 3.63) is 47.6 Å². The summed E-state index contributed by atoms with van der Waals surface area (Å²) in [5.41, 5.74) is 1.25. The van der Waals surface area contributed by atoms with Gasteiger partial charge in [-0.3, -0.25) is 0 Å². The van der Waals surface area contributed by atoms with Crippen LogP contribution in [0.4, 0.5) is 0 Å². The van der Waals surface area contributed by atoms with Crippen molar-refractivity contribution in [3.63, 3.8) is 0 Å². The molecule has 5 heteroatoms. The zero-order valence-corrected chi connectivity index (χ0v) is 11.9. The number of aromatic nitrogens is 2. The van der Waals surface area contributed by atoms with Crippen molar-refractivity contribution in [3.8, 4) is 0 Å². The number of hydrogen-bond acceptors (Lipinski definition) is 5. The molecule has 0 unspecified atom stereocenters. The van der Waals surface area contributed by atoms with Gasteiger partial charge < -0.3 is 14.0 Å². The molecule has 5 nitrogen and oxygen atoms in total. The topological polar surface area (TPSA) is 57.4 Å². The van der Waals surface area contributed by atoms with E-state index < -0.39 is 6.29 Å². The van der Waals surface area contributed by atoms with E-state index in [2.05, 4.69) is 22.3 Å². The highest BCUT2D eigenvalue weighted by Crippen LogP contribution is 2.17. The highest BCUT2D eigenvalue weighted by molar-refractivity contribution is 5.15. The first-order chi connectivity index (χ1) is 9.83. The average molecular weight is 276 g/mol. The summed E-state index contributed by atoms with van der Waals surface area (Å²) < 4.78 is 16.1. The molecule has 1 aromatic heterocycles. The van der Waals surface area contributed by atoms with E-state index in [1.807, 2.05) is 32.0 Å².